The number of halogens is 4. The van der Waals surface area contributed by atoms with Gasteiger partial charge in [0.1, 0.15) is 4.88 Å². The predicted molar refractivity (Wildman–Crippen MR) is 112 cm³/mol. The van der Waals surface area contributed by atoms with Crippen LogP contribution in [0.1, 0.15) is 27.7 Å². The second-order valence-corrected chi connectivity index (χ2v) is 7.84. The van der Waals surface area contributed by atoms with Crippen molar-refractivity contribution in [3.8, 4) is 0 Å². The number of aryl methyl sites for hydroxylation is 1. The molecule has 2 N–H and O–H groups in total. The summed E-state index contributed by atoms with van der Waals surface area (Å²) in [5, 5.41) is 6.92. The molecule has 2 amide bonds. The van der Waals surface area contributed by atoms with Crippen molar-refractivity contribution in [1.82, 2.24) is 5.43 Å². The van der Waals surface area contributed by atoms with Gasteiger partial charge in [-0.05, 0) is 43.2 Å². The zero-order valence-electron chi connectivity index (χ0n) is 15.7. The summed E-state index contributed by atoms with van der Waals surface area (Å²) in [6.45, 7) is 3.57. The van der Waals surface area contributed by atoms with Gasteiger partial charge in [-0.3, -0.25) is 9.59 Å². The van der Waals surface area contributed by atoms with Crippen LogP contribution in [0.25, 0.3) is 10.1 Å². The van der Waals surface area contributed by atoms with E-state index in [2.05, 4.69) is 10.5 Å². The van der Waals surface area contributed by atoms with Crippen LogP contribution in [0.3, 0.4) is 0 Å². The number of carbonyl (C=O) groups excluding carboxylic acids is 2. The summed E-state index contributed by atoms with van der Waals surface area (Å²) in [7, 11) is 0. The minimum Gasteiger partial charge on any atom is -0.318 e. The number of fused-ring (bicyclic) bond motifs is 1. The van der Waals surface area contributed by atoms with E-state index in [-0.39, 0.29) is 5.69 Å². The van der Waals surface area contributed by atoms with Gasteiger partial charge in [0.15, 0.2) is 0 Å². The highest BCUT2D eigenvalue weighted by atomic mass is 35.5. The third-order valence-corrected chi connectivity index (χ3v) is 5.79. The lowest BCUT2D eigenvalue weighted by molar-refractivity contribution is -0.167. The summed E-state index contributed by atoms with van der Waals surface area (Å²) < 4.78 is 37.8. The first-order valence-corrected chi connectivity index (χ1v) is 9.77. The van der Waals surface area contributed by atoms with Crippen molar-refractivity contribution in [3.05, 3.63) is 63.5 Å². The normalized spacial score (nSPS) is 12.1. The molecule has 0 unspecified atom stereocenters. The van der Waals surface area contributed by atoms with Gasteiger partial charge in [0, 0.05) is 15.8 Å². The Balaban J connectivity index is 1.71. The highest BCUT2D eigenvalue weighted by Crippen LogP contribution is 2.35. The summed E-state index contributed by atoms with van der Waals surface area (Å²) in [4.78, 5) is 23.8. The molecule has 0 bridgehead atoms. The number of anilines is 1. The fourth-order valence-corrected chi connectivity index (χ4v) is 4.07. The second kappa shape index (κ2) is 8.45. The molecular formula is C20H15ClF3N3O2S. The SMILES string of the molecule is C/C(=N/NC(=O)c1sc2cc(C)ccc2c1Cl)c1ccc(NC(=O)C(F)(F)F)cc1. The van der Waals surface area contributed by atoms with Gasteiger partial charge in [-0.25, -0.2) is 5.43 Å². The number of hydrogen-bond acceptors (Lipinski definition) is 4. The average molecular weight is 454 g/mol. The van der Waals surface area contributed by atoms with Crippen molar-refractivity contribution in [3.63, 3.8) is 0 Å². The van der Waals surface area contributed by atoms with Gasteiger partial charge >= 0.3 is 12.1 Å². The van der Waals surface area contributed by atoms with E-state index in [1.807, 2.05) is 25.1 Å². The lowest BCUT2D eigenvalue weighted by Gasteiger charge is -2.08. The molecule has 0 aliphatic rings. The number of rotatable bonds is 4. The molecule has 0 radical (unpaired) electrons. The fraction of sp³-hybridized carbons (Fsp3) is 0.150. The molecule has 10 heteroatoms. The summed E-state index contributed by atoms with van der Waals surface area (Å²) in [6.07, 6.45) is -4.97. The molecule has 0 atom stereocenters. The lowest BCUT2D eigenvalue weighted by Crippen LogP contribution is -2.29. The van der Waals surface area contributed by atoms with E-state index in [4.69, 9.17) is 11.6 Å². The van der Waals surface area contributed by atoms with Crippen molar-refractivity contribution in [2.45, 2.75) is 20.0 Å². The predicted octanol–water partition coefficient (Wildman–Crippen LogP) is 5.52. The Morgan fingerprint density at radius 3 is 2.40 bits per heavy atom. The van der Waals surface area contributed by atoms with Gasteiger partial charge < -0.3 is 5.32 Å². The number of amides is 2. The molecule has 0 fully saturated rings. The maximum absolute atomic E-state index is 12.5. The molecule has 0 saturated carbocycles. The standard InChI is InChI=1S/C20H15ClF3N3O2S/c1-10-3-8-14-15(9-10)30-17(16(14)21)18(28)27-26-11(2)12-4-6-13(7-5-12)25-19(29)20(22,23)24/h3-9H,1-2H3,(H,25,29)(H,27,28)/b26-11-. The summed E-state index contributed by atoms with van der Waals surface area (Å²) >= 11 is 7.57. The van der Waals surface area contributed by atoms with E-state index >= 15 is 0 Å². The number of hydrazone groups is 1. The van der Waals surface area contributed by atoms with Gasteiger partial charge in [-0.15, -0.1) is 11.3 Å². The molecule has 2 aromatic carbocycles. The van der Waals surface area contributed by atoms with Crippen LogP contribution in [0, 0.1) is 6.92 Å². The zero-order chi connectivity index (χ0) is 22.1. The van der Waals surface area contributed by atoms with Crippen molar-refractivity contribution < 1.29 is 22.8 Å². The van der Waals surface area contributed by atoms with Crippen LogP contribution in [-0.2, 0) is 4.79 Å². The average Bonchev–Trinajstić information content (AvgIpc) is 3.01. The number of carbonyl (C=O) groups is 2. The Morgan fingerprint density at radius 2 is 1.77 bits per heavy atom. The van der Waals surface area contributed by atoms with E-state index in [1.54, 1.807) is 12.2 Å². The minimum absolute atomic E-state index is 0.00902. The third-order valence-electron chi connectivity index (χ3n) is 4.13. The third kappa shape index (κ3) is 4.80. The lowest BCUT2D eigenvalue weighted by atomic mass is 10.1. The van der Waals surface area contributed by atoms with Crippen LogP contribution < -0.4 is 10.7 Å². The van der Waals surface area contributed by atoms with Crippen molar-refractivity contribution >= 4 is 56.2 Å². The van der Waals surface area contributed by atoms with Crippen molar-refractivity contribution in [2.24, 2.45) is 5.10 Å². The molecule has 3 rings (SSSR count). The second-order valence-electron chi connectivity index (χ2n) is 6.41. The van der Waals surface area contributed by atoms with Gasteiger partial charge in [0.2, 0.25) is 0 Å². The summed E-state index contributed by atoms with van der Waals surface area (Å²) in [6, 6.07) is 11.3. The number of nitrogens with one attached hydrogen (secondary N) is 2. The molecule has 156 valence electrons. The van der Waals surface area contributed by atoms with Crippen molar-refractivity contribution in [2.75, 3.05) is 5.32 Å². The van der Waals surface area contributed by atoms with E-state index in [1.165, 1.54) is 35.6 Å². The van der Waals surface area contributed by atoms with Gasteiger partial charge in [0.05, 0.1) is 10.7 Å². The smallest absolute Gasteiger partial charge is 0.318 e. The van der Waals surface area contributed by atoms with Gasteiger partial charge in [-0.1, -0.05) is 35.9 Å². The van der Waals surface area contributed by atoms with Crippen LogP contribution in [-0.4, -0.2) is 23.7 Å². The maximum atomic E-state index is 12.5. The Hall–Kier alpha value is -2.91. The molecule has 1 heterocycles. The number of hydrogen-bond donors (Lipinski definition) is 2. The Bertz CT molecular complexity index is 1150. The number of benzene rings is 2. The van der Waals surface area contributed by atoms with Crippen LogP contribution in [0.4, 0.5) is 18.9 Å². The first kappa shape index (κ1) is 21.8. The quantitative estimate of drug-likeness (QED) is 0.403. The van der Waals surface area contributed by atoms with Crippen LogP contribution >= 0.6 is 22.9 Å². The zero-order valence-corrected chi connectivity index (χ0v) is 17.3. The first-order chi connectivity index (χ1) is 14.1. The molecule has 3 aromatic rings. The minimum atomic E-state index is -4.97. The van der Waals surface area contributed by atoms with Gasteiger partial charge in [-0.2, -0.15) is 18.3 Å². The molecule has 30 heavy (non-hydrogen) atoms. The molecular weight excluding hydrogens is 439 g/mol. The Labute approximate surface area is 178 Å². The molecule has 1 aromatic heterocycles. The fourth-order valence-electron chi connectivity index (χ4n) is 2.57. The number of nitrogens with zero attached hydrogens (tertiary/aromatic N) is 1. The van der Waals surface area contributed by atoms with Crippen molar-refractivity contribution in [1.29, 1.82) is 0 Å². The summed E-state index contributed by atoms with van der Waals surface area (Å²) in [5.41, 5.74) is 4.46. The van der Waals surface area contributed by atoms with Crippen LogP contribution in [0.5, 0.6) is 0 Å². The molecule has 0 spiro atoms. The van der Waals surface area contributed by atoms with E-state index in [0.29, 0.717) is 21.2 Å². The van der Waals surface area contributed by atoms with E-state index < -0.39 is 18.0 Å². The molecule has 0 aliphatic heterocycles. The highest BCUT2D eigenvalue weighted by Gasteiger charge is 2.38. The highest BCUT2D eigenvalue weighted by molar-refractivity contribution is 7.21. The van der Waals surface area contributed by atoms with Crippen LogP contribution in [0.15, 0.2) is 47.6 Å². The molecule has 0 aliphatic carbocycles. The largest absolute Gasteiger partial charge is 0.471 e. The molecule has 5 nitrogen and oxygen atoms in total. The monoisotopic (exact) mass is 453 g/mol. The number of alkyl halides is 3. The number of thiophene rings is 1. The summed E-state index contributed by atoms with van der Waals surface area (Å²) in [5.74, 6) is -2.52. The topological polar surface area (TPSA) is 70.6 Å². The first-order valence-electron chi connectivity index (χ1n) is 8.58. The van der Waals surface area contributed by atoms with Gasteiger partial charge in [0.25, 0.3) is 5.91 Å². The van der Waals surface area contributed by atoms with E-state index in [9.17, 15) is 22.8 Å². The maximum Gasteiger partial charge on any atom is 0.471 e. The Kier molecular flexibility index (Phi) is 6.14. The Morgan fingerprint density at radius 1 is 1.10 bits per heavy atom. The van der Waals surface area contributed by atoms with Crippen LogP contribution in [0.2, 0.25) is 5.02 Å². The van der Waals surface area contributed by atoms with E-state index in [0.717, 1.165) is 15.6 Å². The molecule has 0 saturated heterocycles.